The van der Waals surface area contributed by atoms with Gasteiger partial charge in [0.15, 0.2) is 11.4 Å². The van der Waals surface area contributed by atoms with E-state index in [9.17, 15) is 9.59 Å². The average molecular weight is 393 g/mol. The number of carbonyl (C=O) groups is 2. The Morgan fingerprint density at radius 3 is 2.26 bits per heavy atom. The molecular formula is C14H21BrN2O6. The van der Waals surface area contributed by atoms with Gasteiger partial charge < -0.3 is 19.1 Å². The van der Waals surface area contributed by atoms with Gasteiger partial charge >= 0.3 is 11.9 Å². The van der Waals surface area contributed by atoms with Crippen molar-refractivity contribution in [2.45, 2.75) is 31.0 Å². The summed E-state index contributed by atoms with van der Waals surface area (Å²) in [6.07, 6.45) is 1.54. The molecule has 0 radical (unpaired) electrons. The van der Waals surface area contributed by atoms with Gasteiger partial charge in [0.25, 0.3) is 0 Å². The van der Waals surface area contributed by atoms with Crippen LogP contribution >= 0.6 is 15.9 Å². The van der Waals surface area contributed by atoms with E-state index in [2.05, 4.69) is 35.9 Å². The van der Waals surface area contributed by atoms with Gasteiger partial charge in [0.2, 0.25) is 0 Å². The lowest BCUT2D eigenvalue weighted by Crippen LogP contribution is -2.42. The van der Waals surface area contributed by atoms with E-state index in [0.717, 1.165) is 6.42 Å². The van der Waals surface area contributed by atoms with Crippen molar-refractivity contribution in [3.8, 4) is 0 Å². The van der Waals surface area contributed by atoms with Crippen molar-refractivity contribution >= 4 is 39.3 Å². The zero-order chi connectivity index (χ0) is 17.5. The molecule has 2 aliphatic heterocycles. The maximum atomic E-state index is 11.1. The highest BCUT2D eigenvalue weighted by molar-refractivity contribution is 9.10. The minimum absolute atomic E-state index is 0.149. The van der Waals surface area contributed by atoms with Crippen LogP contribution in [-0.4, -0.2) is 55.1 Å². The first-order valence-corrected chi connectivity index (χ1v) is 7.88. The smallest absolute Gasteiger partial charge is 0.357 e. The first-order chi connectivity index (χ1) is 10.8. The molecule has 0 aromatic carbocycles. The molecule has 0 aromatic rings. The summed E-state index contributed by atoms with van der Waals surface area (Å²) in [7, 11) is 2.82. The van der Waals surface area contributed by atoms with E-state index in [4.69, 9.17) is 9.47 Å². The molecule has 2 aliphatic rings. The topological polar surface area (TPSA) is 95.8 Å². The molecule has 0 amide bonds. The standard InChI is InChI=1S/C7H10BrNO3.C7H11NO3/c1-7(8)3-4-12-6(10)5(7)9-11-2;1-5-3-4-11-7(9)6(5)8-10-2/h3-4H2,1-2H3;5H,3-4H2,1-2H3/b9-5-;8-6+. The number of esters is 2. The zero-order valence-corrected chi connectivity index (χ0v) is 15.2. The Balaban J connectivity index is 0.000000231. The number of ether oxygens (including phenoxy) is 2. The molecule has 2 atom stereocenters. The minimum Gasteiger partial charge on any atom is -0.461 e. The quantitative estimate of drug-likeness (QED) is 0.402. The summed E-state index contributed by atoms with van der Waals surface area (Å²) in [6.45, 7) is 4.70. The predicted molar refractivity (Wildman–Crippen MR) is 86.5 cm³/mol. The summed E-state index contributed by atoms with van der Waals surface area (Å²) in [6, 6.07) is 0. The predicted octanol–water partition coefficient (Wildman–Crippen LogP) is 1.66. The lowest BCUT2D eigenvalue weighted by Gasteiger charge is -2.26. The third kappa shape index (κ3) is 5.49. The summed E-state index contributed by atoms with van der Waals surface area (Å²) in [5, 5.41) is 7.20. The Hall–Kier alpha value is -1.64. The van der Waals surface area contributed by atoms with Gasteiger partial charge in [0, 0.05) is 12.3 Å². The van der Waals surface area contributed by atoms with Gasteiger partial charge in [-0.3, -0.25) is 0 Å². The van der Waals surface area contributed by atoms with E-state index in [1.54, 1.807) is 0 Å². The van der Waals surface area contributed by atoms with E-state index < -0.39 is 10.3 Å². The highest BCUT2D eigenvalue weighted by Crippen LogP contribution is 2.28. The number of rotatable bonds is 2. The summed E-state index contributed by atoms with van der Waals surface area (Å²) < 4.78 is 9.14. The molecule has 8 nitrogen and oxygen atoms in total. The molecule has 0 aliphatic carbocycles. The second-order valence-corrected chi connectivity index (χ2v) is 6.94. The van der Waals surface area contributed by atoms with Crippen LogP contribution in [0.1, 0.15) is 26.7 Å². The molecule has 2 heterocycles. The van der Waals surface area contributed by atoms with Crippen LogP contribution in [0.4, 0.5) is 0 Å². The molecule has 0 spiro atoms. The van der Waals surface area contributed by atoms with Crippen molar-refractivity contribution in [1.82, 2.24) is 0 Å². The Morgan fingerprint density at radius 1 is 1.13 bits per heavy atom. The summed E-state index contributed by atoms with van der Waals surface area (Å²) in [4.78, 5) is 31.2. The number of cyclic esters (lactones) is 2. The molecule has 2 saturated heterocycles. The largest absolute Gasteiger partial charge is 0.461 e. The van der Waals surface area contributed by atoms with Crippen molar-refractivity contribution in [2.75, 3.05) is 27.4 Å². The molecule has 0 bridgehead atoms. The van der Waals surface area contributed by atoms with Gasteiger partial charge in [-0.25, -0.2) is 9.59 Å². The monoisotopic (exact) mass is 392 g/mol. The number of carbonyl (C=O) groups excluding carboxylic acids is 2. The van der Waals surface area contributed by atoms with Crippen LogP contribution in [0.15, 0.2) is 10.3 Å². The highest BCUT2D eigenvalue weighted by atomic mass is 79.9. The Morgan fingerprint density at radius 2 is 1.74 bits per heavy atom. The summed E-state index contributed by atoms with van der Waals surface area (Å²) in [5.41, 5.74) is 0.676. The number of oxime groups is 2. The molecule has 0 saturated carbocycles. The maximum absolute atomic E-state index is 11.1. The molecule has 0 aromatic heterocycles. The van der Waals surface area contributed by atoms with Crippen LogP contribution in [0.3, 0.4) is 0 Å². The van der Waals surface area contributed by atoms with Crippen LogP contribution in [0.5, 0.6) is 0 Å². The van der Waals surface area contributed by atoms with Gasteiger partial charge in [-0.1, -0.05) is 33.2 Å². The van der Waals surface area contributed by atoms with E-state index in [-0.39, 0.29) is 17.6 Å². The van der Waals surface area contributed by atoms with Crippen molar-refractivity contribution in [3.05, 3.63) is 0 Å². The van der Waals surface area contributed by atoms with Crippen LogP contribution in [0.25, 0.3) is 0 Å². The Kier molecular flexibility index (Phi) is 7.47. The molecule has 23 heavy (non-hydrogen) atoms. The van der Waals surface area contributed by atoms with Gasteiger partial charge in [-0.05, 0) is 13.3 Å². The van der Waals surface area contributed by atoms with Crippen molar-refractivity contribution in [2.24, 2.45) is 16.2 Å². The van der Waals surface area contributed by atoms with Crippen molar-refractivity contribution in [1.29, 1.82) is 0 Å². The molecule has 2 rings (SSSR count). The molecule has 2 fully saturated rings. The molecular weight excluding hydrogens is 372 g/mol. The van der Waals surface area contributed by atoms with E-state index >= 15 is 0 Å². The highest BCUT2D eigenvalue weighted by Gasteiger charge is 2.38. The molecule has 0 N–H and O–H groups in total. The van der Waals surface area contributed by atoms with Crippen LogP contribution in [-0.2, 0) is 28.7 Å². The molecule has 9 heteroatoms. The Bertz CT molecular complexity index is 503. The lowest BCUT2D eigenvalue weighted by atomic mass is 10.00. The van der Waals surface area contributed by atoms with Crippen LogP contribution < -0.4 is 0 Å². The van der Waals surface area contributed by atoms with Crippen molar-refractivity contribution in [3.63, 3.8) is 0 Å². The van der Waals surface area contributed by atoms with Crippen molar-refractivity contribution < 1.29 is 28.7 Å². The third-order valence-corrected chi connectivity index (χ3v) is 4.10. The fraction of sp³-hybridized carbons (Fsp3) is 0.714. The second kappa shape index (κ2) is 8.85. The SMILES string of the molecule is CO/N=C1/C(=O)OCCC1(C)Br.CO/N=C1/C(=O)OCCC1C. The lowest BCUT2D eigenvalue weighted by molar-refractivity contribution is -0.138. The number of hydrogen-bond acceptors (Lipinski definition) is 8. The van der Waals surface area contributed by atoms with Gasteiger partial charge in [0.1, 0.15) is 14.2 Å². The van der Waals surface area contributed by atoms with E-state index in [1.165, 1.54) is 14.2 Å². The average Bonchev–Trinajstić information content (AvgIpc) is 2.48. The van der Waals surface area contributed by atoms with E-state index in [1.807, 2.05) is 13.8 Å². The summed E-state index contributed by atoms with van der Waals surface area (Å²) >= 11 is 3.39. The number of halogens is 1. The fourth-order valence-corrected chi connectivity index (χ4v) is 2.32. The third-order valence-electron chi connectivity index (χ3n) is 3.32. The minimum atomic E-state index is -0.418. The normalized spacial score (nSPS) is 30.9. The van der Waals surface area contributed by atoms with E-state index in [0.29, 0.717) is 25.3 Å². The van der Waals surface area contributed by atoms with Crippen LogP contribution in [0.2, 0.25) is 0 Å². The van der Waals surface area contributed by atoms with Gasteiger partial charge in [-0.15, -0.1) is 0 Å². The molecule has 130 valence electrons. The second-order valence-electron chi connectivity index (χ2n) is 5.19. The first kappa shape index (κ1) is 19.4. The van der Waals surface area contributed by atoms with Gasteiger partial charge in [-0.2, -0.15) is 0 Å². The zero-order valence-electron chi connectivity index (χ0n) is 13.6. The fourth-order valence-electron chi connectivity index (χ4n) is 1.92. The number of alkyl halides is 1. The first-order valence-electron chi connectivity index (χ1n) is 7.09. The summed E-state index contributed by atoms with van der Waals surface area (Å²) in [5.74, 6) is -0.621. The Labute approximate surface area is 143 Å². The van der Waals surface area contributed by atoms with Gasteiger partial charge in [0.05, 0.1) is 17.5 Å². The maximum Gasteiger partial charge on any atom is 0.357 e. The number of hydrogen-bond donors (Lipinski definition) is 0. The van der Waals surface area contributed by atoms with Crippen LogP contribution in [0, 0.1) is 5.92 Å². The molecule has 2 unspecified atom stereocenters. The number of nitrogens with zero attached hydrogens (tertiary/aromatic N) is 2.